The smallest absolute Gasteiger partial charge is 0.304 e. The molecule has 6 heteroatoms. The summed E-state index contributed by atoms with van der Waals surface area (Å²) in [6, 6.07) is 13.9. The van der Waals surface area contributed by atoms with Crippen molar-refractivity contribution in [2.75, 3.05) is 11.1 Å². The van der Waals surface area contributed by atoms with Crippen LogP contribution in [0.25, 0.3) is 0 Å². The molecule has 2 atom stereocenters. The van der Waals surface area contributed by atoms with E-state index < -0.39 is 5.97 Å². The van der Waals surface area contributed by atoms with Crippen LogP contribution in [0.1, 0.15) is 29.9 Å². The summed E-state index contributed by atoms with van der Waals surface area (Å²) >= 11 is 1.56. The van der Waals surface area contributed by atoms with Crippen molar-refractivity contribution < 1.29 is 19.1 Å². The monoisotopic (exact) mass is 373 g/mol. The van der Waals surface area contributed by atoms with Gasteiger partial charge in [0, 0.05) is 23.1 Å². The summed E-state index contributed by atoms with van der Waals surface area (Å²) in [6.07, 6.45) is 0.926. The molecular weight excluding hydrogens is 353 g/mol. The number of nitrogens with one attached hydrogen (secondary N) is 1. The number of hydrogen-bond donors (Lipinski definition) is 2. The quantitative estimate of drug-likeness (QED) is 0.678. The van der Waals surface area contributed by atoms with E-state index in [-0.39, 0.29) is 30.0 Å². The van der Waals surface area contributed by atoms with E-state index >= 15 is 0 Å². The number of halogens is 1. The molecule has 1 fully saturated rings. The first kappa shape index (κ1) is 18.5. The van der Waals surface area contributed by atoms with Crippen LogP contribution < -0.4 is 5.32 Å². The number of amides is 1. The molecule has 1 saturated carbocycles. The Morgan fingerprint density at radius 2 is 1.96 bits per heavy atom. The van der Waals surface area contributed by atoms with Crippen LogP contribution >= 0.6 is 11.8 Å². The number of carboxylic acid groups (broad SMARTS) is 1. The standard InChI is InChI=1S/C20H20FNO3S/c21-15-6-4-14(5-7-15)17-11-18(17)20(25)22-16-3-1-2-13(10-16)12-26-9-8-19(23)24/h1-7,10,17-18H,8-9,11-12H2,(H,22,25)(H,23,24). The van der Waals surface area contributed by atoms with Crippen molar-refractivity contribution in [3.8, 4) is 0 Å². The third-order valence-electron chi connectivity index (χ3n) is 4.35. The van der Waals surface area contributed by atoms with Gasteiger partial charge in [0.15, 0.2) is 0 Å². The Bertz CT molecular complexity index is 794. The molecular formula is C20H20FNO3S. The zero-order chi connectivity index (χ0) is 18.5. The van der Waals surface area contributed by atoms with Gasteiger partial charge >= 0.3 is 5.97 Å². The van der Waals surface area contributed by atoms with E-state index in [0.29, 0.717) is 11.5 Å². The number of carbonyl (C=O) groups excluding carboxylic acids is 1. The summed E-state index contributed by atoms with van der Waals surface area (Å²) in [5.41, 5.74) is 2.79. The van der Waals surface area contributed by atoms with Gasteiger partial charge in [0.1, 0.15) is 5.82 Å². The van der Waals surface area contributed by atoms with Crippen molar-refractivity contribution in [3.63, 3.8) is 0 Å². The molecule has 26 heavy (non-hydrogen) atoms. The average Bonchev–Trinajstić information content (AvgIpc) is 3.40. The number of thioether (sulfide) groups is 1. The van der Waals surface area contributed by atoms with Crippen molar-refractivity contribution >= 4 is 29.3 Å². The van der Waals surface area contributed by atoms with Gasteiger partial charge in [-0.2, -0.15) is 11.8 Å². The fraction of sp³-hybridized carbons (Fsp3) is 0.300. The Hall–Kier alpha value is -2.34. The SMILES string of the molecule is O=C(O)CCSCc1cccc(NC(=O)C2CC2c2ccc(F)cc2)c1. The Kier molecular flexibility index (Phi) is 5.93. The number of benzene rings is 2. The molecule has 0 bridgehead atoms. The van der Waals surface area contributed by atoms with E-state index in [1.54, 1.807) is 23.9 Å². The van der Waals surface area contributed by atoms with E-state index in [1.807, 2.05) is 24.3 Å². The number of anilines is 1. The second-order valence-electron chi connectivity index (χ2n) is 6.39. The number of hydrogen-bond acceptors (Lipinski definition) is 3. The second kappa shape index (κ2) is 8.36. The highest BCUT2D eigenvalue weighted by Crippen LogP contribution is 2.48. The van der Waals surface area contributed by atoms with Crippen LogP contribution in [0.5, 0.6) is 0 Å². The molecule has 1 aliphatic rings. The molecule has 4 nitrogen and oxygen atoms in total. The topological polar surface area (TPSA) is 66.4 Å². The Morgan fingerprint density at radius 1 is 1.19 bits per heavy atom. The van der Waals surface area contributed by atoms with E-state index in [2.05, 4.69) is 5.32 Å². The Balaban J connectivity index is 1.51. The van der Waals surface area contributed by atoms with Crippen molar-refractivity contribution in [1.82, 2.24) is 0 Å². The van der Waals surface area contributed by atoms with Crippen LogP contribution in [0.2, 0.25) is 0 Å². The Morgan fingerprint density at radius 3 is 2.69 bits per heavy atom. The van der Waals surface area contributed by atoms with Crippen LogP contribution in [0.3, 0.4) is 0 Å². The van der Waals surface area contributed by atoms with Crippen LogP contribution in [-0.4, -0.2) is 22.7 Å². The van der Waals surface area contributed by atoms with Gasteiger partial charge in [-0.25, -0.2) is 4.39 Å². The van der Waals surface area contributed by atoms with Crippen molar-refractivity contribution in [2.24, 2.45) is 5.92 Å². The molecule has 0 spiro atoms. The summed E-state index contributed by atoms with van der Waals surface area (Å²) in [5, 5.41) is 11.6. The highest BCUT2D eigenvalue weighted by atomic mass is 32.2. The molecule has 1 amide bonds. The van der Waals surface area contributed by atoms with Crippen LogP contribution in [0.15, 0.2) is 48.5 Å². The lowest BCUT2D eigenvalue weighted by Gasteiger charge is -2.08. The second-order valence-corrected chi connectivity index (χ2v) is 7.49. The minimum atomic E-state index is -0.793. The first-order valence-electron chi connectivity index (χ1n) is 8.48. The number of carboxylic acids is 1. The molecule has 2 N–H and O–H groups in total. The van der Waals surface area contributed by atoms with Gasteiger partial charge in [-0.1, -0.05) is 24.3 Å². The number of rotatable bonds is 8. The van der Waals surface area contributed by atoms with Gasteiger partial charge in [-0.15, -0.1) is 0 Å². The van der Waals surface area contributed by atoms with Crippen molar-refractivity contribution in [1.29, 1.82) is 0 Å². The minimum Gasteiger partial charge on any atom is -0.481 e. The summed E-state index contributed by atoms with van der Waals surface area (Å²) in [5.74, 6) is 0.271. The maximum atomic E-state index is 13.0. The summed E-state index contributed by atoms with van der Waals surface area (Å²) in [6.45, 7) is 0. The minimum absolute atomic E-state index is 0.0185. The molecule has 2 aromatic rings. The molecule has 3 rings (SSSR count). The van der Waals surface area contributed by atoms with Crippen molar-refractivity contribution in [2.45, 2.75) is 24.5 Å². The predicted octanol–water partition coefficient (Wildman–Crippen LogP) is 4.28. The van der Waals surface area contributed by atoms with Gasteiger partial charge < -0.3 is 10.4 Å². The maximum Gasteiger partial charge on any atom is 0.304 e. The van der Waals surface area contributed by atoms with Gasteiger partial charge in [-0.3, -0.25) is 9.59 Å². The molecule has 0 heterocycles. The lowest BCUT2D eigenvalue weighted by molar-refractivity contribution is -0.136. The zero-order valence-electron chi connectivity index (χ0n) is 14.2. The van der Waals surface area contributed by atoms with Crippen LogP contribution in [0.4, 0.5) is 10.1 Å². The molecule has 0 aromatic heterocycles. The third kappa shape index (κ3) is 5.08. The van der Waals surface area contributed by atoms with E-state index in [1.165, 1.54) is 12.1 Å². The lowest BCUT2D eigenvalue weighted by Crippen LogP contribution is -2.14. The number of carbonyl (C=O) groups is 2. The normalized spacial score (nSPS) is 18.3. The summed E-state index contributed by atoms with van der Waals surface area (Å²) in [7, 11) is 0. The third-order valence-corrected chi connectivity index (χ3v) is 5.38. The fourth-order valence-corrected chi connectivity index (χ4v) is 3.77. The largest absolute Gasteiger partial charge is 0.481 e. The lowest BCUT2D eigenvalue weighted by atomic mass is 10.1. The average molecular weight is 373 g/mol. The fourth-order valence-electron chi connectivity index (χ4n) is 2.89. The molecule has 136 valence electrons. The summed E-state index contributed by atoms with van der Waals surface area (Å²) < 4.78 is 13.0. The van der Waals surface area contributed by atoms with Crippen LogP contribution in [-0.2, 0) is 15.3 Å². The summed E-state index contributed by atoms with van der Waals surface area (Å²) in [4.78, 5) is 22.9. The highest BCUT2D eigenvalue weighted by Gasteiger charge is 2.43. The molecule has 1 aliphatic carbocycles. The van der Waals surface area contributed by atoms with E-state index in [0.717, 1.165) is 23.2 Å². The van der Waals surface area contributed by atoms with E-state index in [4.69, 9.17) is 5.11 Å². The van der Waals surface area contributed by atoms with Gasteiger partial charge in [0.05, 0.1) is 6.42 Å². The maximum absolute atomic E-state index is 13.0. The predicted molar refractivity (Wildman–Crippen MR) is 101 cm³/mol. The highest BCUT2D eigenvalue weighted by molar-refractivity contribution is 7.98. The molecule has 0 saturated heterocycles. The van der Waals surface area contributed by atoms with E-state index in [9.17, 15) is 14.0 Å². The molecule has 2 aromatic carbocycles. The van der Waals surface area contributed by atoms with Gasteiger partial charge in [0.25, 0.3) is 0 Å². The first-order chi connectivity index (χ1) is 12.5. The van der Waals surface area contributed by atoms with Crippen LogP contribution in [0, 0.1) is 11.7 Å². The van der Waals surface area contributed by atoms with Gasteiger partial charge in [0.2, 0.25) is 5.91 Å². The molecule has 0 aliphatic heterocycles. The first-order valence-corrected chi connectivity index (χ1v) is 9.63. The Labute approximate surface area is 155 Å². The molecule has 0 radical (unpaired) electrons. The molecule has 2 unspecified atom stereocenters. The van der Waals surface area contributed by atoms with Crippen molar-refractivity contribution in [3.05, 3.63) is 65.5 Å². The number of aliphatic carboxylic acids is 1. The zero-order valence-corrected chi connectivity index (χ0v) is 15.0. The van der Waals surface area contributed by atoms with Gasteiger partial charge in [-0.05, 0) is 47.7 Å².